The van der Waals surface area contributed by atoms with Gasteiger partial charge in [-0.15, -0.1) is 0 Å². The van der Waals surface area contributed by atoms with Crippen molar-refractivity contribution in [3.63, 3.8) is 0 Å². The molecule has 0 heterocycles. The van der Waals surface area contributed by atoms with E-state index in [1.54, 1.807) is 24.3 Å². The second-order valence-electron chi connectivity index (χ2n) is 5.17. The summed E-state index contributed by atoms with van der Waals surface area (Å²) in [6.07, 6.45) is 1.04. The van der Waals surface area contributed by atoms with Crippen molar-refractivity contribution in [1.29, 1.82) is 0 Å². The van der Waals surface area contributed by atoms with Gasteiger partial charge in [0.15, 0.2) is 0 Å². The van der Waals surface area contributed by atoms with Crippen molar-refractivity contribution in [2.24, 2.45) is 0 Å². The maximum atomic E-state index is 12.1. The van der Waals surface area contributed by atoms with E-state index in [1.165, 1.54) is 14.0 Å². The minimum Gasteiger partial charge on any atom is -0.467 e. The van der Waals surface area contributed by atoms with Crippen LogP contribution in [0.2, 0.25) is 0 Å². The fourth-order valence-corrected chi connectivity index (χ4v) is 3.42. The third-order valence-electron chi connectivity index (χ3n) is 3.32. The Kier molecular flexibility index (Phi) is 5.46. The minimum absolute atomic E-state index is 0.357. The van der Waals surface area contributed by atoms with E-state index in [-0.39, 0.29) is 0 Å². The van der Waals surface area contributed by atoms with Crippen molar-refractivity contribution in [3.8, 4) is 11.5 Å². The molecule has 128 valence electrons. The van der Waals surface area contributed by atoms with Crippen LogP contribution in [-0.4, -0.2) is 33.8 Å². The molecule has 1 unspecified atom stereocenters. The molecule has 2 aromatic carbocycles. The molecule has 0 N–H and O–H groups in total. The van der Waals surface area contributed by atoms with Gasteiger partial charge in [0.2, 0.25) is 10.0 Å². The van der Waals surface area contributed by atoms with Gasteiger partial charge >= 0.3 is 5.97 Å². The van der Waals surface area contributed by atoms with E-state index in [0.717, 1.165) is 10.6 Å². The molecule has 7 heteroatoms. The van der Waals surface area contributed by atoms with E-state index in [0.29, 0.717) is 17.2 Å². The van der Waals surface area contributed by atoms with Crippen LogP contribution in [-0.2, 0) is 19.6 Å². The van der Waals surface area contributed by atoms with Crippen LogP contribution in [0.1, 0.15) is 6.92 Å². The van der Waals surface area contributed by atoms with Gasteiger partial charge in [-0.25, -0.2) is 13.2 Å². The number of nitrogens with zero attached hydrogens (tertiary/aromatic N) is 1. The molecule has 0 aromatic heterocycles. The summed E-state index contributed by atoms with van der Waals surface area (Å²) in [5.74, 6) is 0.599. The van der Waals surface area contributed by atoms with Gasteiger partial charge in [0, 0.05) is 0 Å². The highest BCUT2D eigenvalue weighted by atomic mass is 32.2. The van der Waals surface area contributed by atoms with Crippen LogP contribution in [0, 0.1) is 0 Å². The Labute approximate surface area is 141 Å². The Bertz CT molecular complexity index is 787. The number of anilines is 1. The molecule has 0 aliphatic rings. The number of hydrogen-bond acceptors (Lipinski definition) is 5. The van der Waals surface area contributed by atoms with Crippen LogP contribution in [0.4, 0.5) is 5.69 Å². The van der Waals surface area contributed by atoms with E-state index in [4.69, 9.17) is 4.74 Å². The van der Waals surface area contributed by atoms with Gasteiger partial charge in [-0.2, -0.15) is 0 Å². The van der Waals surface area contributed by atoms with Crippen molar-refractivity contribution in [2.75, 3.05) is 17.7 Å². The number of hydrogen-bond donors (Lipinski definition) is 0. The summed E-state index contributed by atoms with van der Waals surface area (Å²) in [7, 11) is -2.43. The van der Waals surface area contributed by atoms with Crippen molar-refractivity contribution < 1.29 is 22.7 Å². The Hall–Kier alpha value is -2.54. The van der Waals surface area contributed by atoms with Gasteiger partial charge in [-0.1, -0.05) is 18.2 Å². The minimum atomic E-state index is -3.65. The largest absolute Gasteiger partial charge is 0.467 e. The Morgan fingerprint density at radius 3 is 2.04 bits per heavy atom. The summed E-state index contributed by atoms with van der Waals surface area (Å²) in [6.45, 7) is 1.47. The lowest BCUT2D eigenvalue weighted by atomic mass is 10.2. The molecular formula is C17H19NO5S. The molecule has 0 bridgehead atoms. The summed E-state index contributed by atoms with van der Waals surface area (Å²) < 4.78 is 35.4. The average molecular weight is 349 g/mol. The highest BCUT2D eigenvalue weighted by Crippen LogP contribution is 2.27. The third-order valence-corrected chi connectivity index (χ3v) is 4.56. The topological polar surface area (TPSA) is 72.9 Å². The summed E-state index contributed by atoms with van der Waals surface area (Å²) in [5, 5.41) is 0. The van der Waals surface area contributed by atoms with E-state index in [1.807, 2.05) is 30.3 Å². The fraction of sp³-hybridized carbons (Fsp3) is 0.235. The molecule has 2 rings (SSSR count). The first-order chi connectivity index (χ1) is 11.3. The maximum absolute atomic E-state index is 12.1. The first-order valence-electron chi connectivity index (χ1n) is 7.23. The molecule has 0 aliphatic carbocycles. The molecule has 0 saturated heterocycles. The number of carbonyl (C=O) groups excluding carboxylic acids is 1. The van der Waals surface area contributed by atoms with Gasteiger partial charge < -0.3 is 9.47 Å². The molecule has 0 spiro atoms. The van der Waals surface area contributed by atoms with Crippen molar-refractivity contribution in [3.05, 3.63) is 54.6 Å². The van der Waals surface area contributed by atoms with Gasteiger partial charge in [-0.05, 0) is 43.3 Å². The normalized spacial score (nSPS) is 12.3. The van der Waals surface area contributed by atoms with Crippen molar-refractivity contribution in [1.82, 2.24) is 0 Å². The van der Waals surface area contributed by atoms with Crippen molar-refractivity contribution in [2.45, 2.75) is 13.0 Å². The number of ether oxygens (including phenoxy) is 2. The van der Waals surface area contributed by atoms with Gasteiger partial charge in [0.25, 0.3) is 0 Å². The monoisotopic (exact) mass is 349 g/mol. The molecule has 0 radical (unpaired) electrons. The molecule has 2 aromatic rings. The molecule has 0 amide bonds. The lowest BCUT2D eigenvalue weighted by molar-refractivity contribution is -0.141. The fourth-order valence-electron chi connectivity index (χ4n) is 2.25. The predicted molar refractivity (Wildman–Crippen MR) is 91.8 cm³/mol. The first kappa shape index (κ1) is 17.8. The van der Waals surface area contributed by atoms with Gasteiger partial charge in [0.05, 0.1) is 19.1 Å². The SMILES string of the molecule is COC(=O)C(C)N(c1ccc(Oc2ccccc2)cc1)S(C)(=O)=O. The lowest BCUT2D eigenvalue weighted by Crippen LogP contribution is -2.43. The maximum Gasteiger partial charge on any atom is 0.329 e. The molecule has 0 fully saturated rings. The molecule has 0 aliphatic heterocycles. The molecule has 1 atom stereocenters. The highest BCUT2D eigenvalue weighted by molar-refractivity contribution is 7.92. The number of carbonyl (C=O) groups is 1. The van der Waals surface area contributed by atoms with Crippen LogP contribution in [0.3, 0.4) is 0 Å². The number of esters is 1. The lowest BCUT2D eigenvalue weighted by Gasteiger charge is -2.27. The number of rotatable bonds is 6. The van der Waals surface area contributed by atoms with Crippen LogP contribution >= 0.6 is 0 Å². The highest BCUT2D eigenvalue weighted by Gasteiger charge is 2.29. The smallest absolute Gasteiger partial charge is 0.329 e. The van der Waals surface area contributed by atoms with E-state index in [9.17, 15) is 13.2 Å². The van der Waals surface area contributed by atoms with Crippen LogP contribution in [0.15, 0.2) is 54.6 Å². The number of para-hydroxylation sites is 1. The summed E-state index contributed by atoms with van der Waals surface area (Å²) in [6, 6.07) is 14.7. The standard InChI is InChI=1S/C17H19NO5S/c1-13(17(19)22-2)18(24(3,20)21)14-9-11-16(12-10-14)23-15-7-5-4-6-8-15/h4-13H,1-3H3. The summed E-state index contributed by atoms with van der Waals surface area (Å²) in [5.41, 5.74) is 0.357. The zero-order chi connectivity index (χ0) is 17.7. The Morgan fingerprint density at radius 1 is 1.00 bits per heavy atom. The average Bonchev–Trinajstić information content (AvgIpc) is 2.55. The zero-order valence-electron chi connectivity index (χ0n) is 13.7. The van der Waals surface area contributed by atoms with Crippen LogP contribution in [0.25, 0.3) is 0 Å². The second-order valence-corrected chi connectivity index (χ2v) is 7.03. The molecule has 24 heavy (non-hydrogen) atoms. The number of methoxy groups -OCH3 is 1. The van der Waals surface area contributed by atoms with Crippen LogP contribution in [0.5, 0.6) is 11.5 Å². The Morgan fingerprint density at radius 2 is 1.54 bits per heavy atom. The summed E-state index contributed by atoms with van der Waals surface area (Å²) in [4.78, 5) is 11.7. The van der Waals surface area contributed by atoms with E-state index in [2.05, 4.69) is 4.74 Å². The Balaban J connectivity index is 2.27. The van der Waals surface area contributed by atoms with E-state index >= 15 is 0 Å². The predicted octanol–water partition coefficient (Wildman–Crippen LogP) is 2.81. The third kappa shape index (κ3) is 4.26. The van der Waals surface area contributed by atoms with Gasteiger partial charge in [-0.3, -0.25) is 4.31 Å². The van der Waals surface area contributed by atoms with Gasteiger partial charge in [0.1, 0.15) is 17.5 Å². The molecular weight excluding hydrogens is 330 g/mol. The number of sulfonamides is 1. The van der Waals surface area contributed by atoms with Crippen molar-refractivity contribution >= 4 is 21.7 Å². The summed E-state index contributed by atoms with van der Waals surface area (Å²) >= 11 is 0. The van der Waals surface area contributed by atoms with Crippen LogP contribution < -0.4 is 9.04 Å². The zero-order valence-corrected chi connectivity index (χ0v) is 14.5. The molecule has 0 saturated carbocycles. The number of benzene rings is 2. The molecule has 6 nitrogen and oxygen atoms in total. The van der Waals surface area contributed by atoms with E-state index < -0.39 is 22.0 Å². The first-order valence-corrected chi connectivity index (χ1v) is 9.08. The second kappa shape index (κ2) is 7.35. The quantitative estimate of drug-likeness (QED) is 0.750.